The maximum absolute atomic E-state index is 4.45. The minimum atomic E-state index is 0.311. The van der Waals surface area contributed by atoms with Crippen LogP contribution in [0.2, 0.25) is 0 Å². The van der Waals surface area contributed by atoms with E-state index in [-0.39, 0.29) is 0 Å². The van der Waals surface area contributed by atoms with E-state index in [0.29, 0.717) is 17.9 Å². The zero-order valence-corrected chi connectivity index (χ0v) is 13.8. The number of rotatable bonds is 8. The Bertz CT molecular complexity index is 507. The Hall–Kier alpha value is -1.89. The van der Waals surface area contributed by atoms with Gasteiger partial charge < -0.3 is 0 Å². The molecule has 0 saturated heterocycles. The Morgan fingerprint density at radius 2 is 1.36 bits per heavy atom. The summed E-state index contributed by atoms with van der Waals surface area (Å²) < 4.78 is 0. The van der Waals surface area contributed by atoms with Crippen LogP contribution in [-0.4, -0.2) is 12.8 Å². The van der Waals surface area contributed by atoms with E-state index in [4.69, 9.17) is 0 Å². The molecule has 1 heteroatoms. The molecular weight excluding hydrogens is 266 g/mol. The first kappa shape index (κ1) is 16.5. The van der Waals surface area contributed by atoms with Gasteiger partial charge in [0.1, 0.15) is 0 Å². The Morgan fingerprint density at radius 1 is 0.864 bits per heavy atom. The van der Waals surface area contributed by atoms with E-state index in [1.165, 1.54) is 24.0 Å². The van der Waals surface area contributed by atoms with Gasteiger partial charge in [0, 0.05) is 5.92 Å². The third kappa shape index (κ3) is 3.85. The highest BCUT2D eigenvalue weighted by Crippen LogP contribution is 2.38. The molecule has 0 aliphatic rings. The average molecular weight is 293 g/mol. The lowest BCUT2D eigenvalue weighted by Crippen LogP contribution is -2.26. The van der Waals surface area contributed by atoms with E-state index in [0.717, 1.165) is 6.42 Å². The van der Waals surface area contributed by atoms with Crippen molar-refractivity contribution >= 4 is 6.72 Å². The average Bonchev–Trinajstić information content (AvgIpc) is 2.58. The second-order valence-electron chi connectivity index (χ2n) is 5.91. The molecule has 2 unspecified atom stereocenters. The Labute approximate surface area is 135 Å². The molecule has 22 heavy (non-hydrogen) atoms. The molecule has 0 aliphatic carbocycles. The fourth-order valence-electron chi connectivity index (χ4n) is 3.49. The summed E-state index contributed by atoms with van der Waals surface area (Å²) in [7, 11) is 0. The van der Waals surface area contributed by atoms with Gasteiger partial charge >= 0.3 is 0 Å². The highest BCUT2D eigenvalue weighted by Gasteiger charge is 2.29. The Morgan fingerprint density at radius 3 is 1.73 bits per heavy atom. The standard InChI is InChI=1S/C21H27N/c1-4-12-19(20(5-2)22-3)21(17-13-8-6-9-14-17)18-15-10-7-11-16-18/h6-11,13-16,19-21H,3-5,12H2,1-2H3. The van der Waals surface area contributed by atoms with Gasteiger partial charge in [0.05, 0.1) is 6.04 Å². The Balaban J connectivity index is 2.48. The number of aliphatic imine (C=N–C) groups is 1. The number of nitrogens with zero attached hydrogens (tertiary/aromatic N) is 1. The number of hydrogen-bond donors (Lipinski definition) is 0. The minimum absolute atomic E-state index is 0.311. The predicted octanol–water partition coefficient (Wildman–Crippen LogP) is 5.71. The number of benzene rings is 2. The van der Waals surface area contributed by atoms with Gasteiger partial charge in [-0.1, -0.05) is 80.9 Å². The molecule has 0 N–H and O–H groups in total. The van der Waals surface area contributed by atoms with Crippen LogP contribution in [0.5, 0.6) is 0 Å². The lowest BCUT2D eigenvalue weighted by Gasteiger charge is -2.32. The van der Waals surface area contributed by atoms with Crippen molar-refractivity contribution in [1.82, 2.24) is 0 Å². The van der Waals surface area contributed by atoms with Crippen LogP contribution in [-0.2, 0) is 0 Å². The van der Waals surface area contributed by atoms with Crippen LogP contribution in [0.1, 0.15) is 50.2 Å². The second kappa shape index (κ2) is 8.53. The summed E-state index contributed by atoms with van der Waals surface area (Å²) in [5.74, 6) is 0.884. The van der Waals surface area contributed by atoms with Crippen molar-refractivity contribution in [3.63, 3.8) is 0 Å². The van der Waals surface area contributed by atoms with E-state index in [9.17, 15) is 0 Å². The molecule has 0 spiro atoms. The topological polar surface area (TPSA) is 12.4 Å². The lowest BCUT2D eigenvalue weighted by molar-refractivity contribution is 0.347. The van der Waals surface area contributed by atoms with Crippen LogP contribution in [0.15, 0.2) is 65.7 Å². The molecule has 0 heterocycles. The van der Waals surface area contributed by atoms with Crippen LogP contribution in [0.4, 0.5) is 0 Å². The van der Waals surface area contributed by atoms with Crippen molar-refractivity contribution in [3.8, 4) is 0 Å². The van der Waals surface area contributed by atoms with Gasteiger partial charge in [-0.05, 0) is 36.6 Å². The van der Waals surface area contributed by atoms with Crippen molar-refractivity contribution in [2.24, 2.45) is 10.9 Å². The molecule has 2 atom stereocenters. The molecular formula is C21H27N. The van der Waals surface area contributed by atoms with E-state index in [1.807, 2.05) is 0 Å². The highest BCUT2D eigenvalue weighted by atomic mass is 14.8. The normalized spacial score (nSPS) is 13.8. The van der Waals surface area contributed by atoms with E-state index in [1.54, 1.807) is 0 Å². The summed E-state index contributed by atoms with van der Waals surface area (Å²) >= 11 is 0. The zero-order valence-electron chi connectivity index (χ0n) is 13.8. The van der Waals surface area contributed by atoms with Crippen LogP contribution in [0, 0.1) is 5.92 Å². The van der Waals surface area contributed by atoms with Gasteiger partial charge in [0.25, 0.3) is 0 Å². The fourth-order valence-corrected chi connectivity index (χ4v) is 3.49. The molecule has 0 bridgehead atoms. The first-order valence-electron chi connectivity index (χ1n) is 8.37. The van der Waals surface area contributed by atoms with E-state index < -0.39 is 0 Å². The van der Waals surface area contributed by atoms with Gasteiger partial charge in [0.15, 0.2) is 0 Å². The number of hydrogen-bond acceptors (Lipinski definition) is 1. The molecule has 2 rings (SSSR count). The lowest BCUT2D eigenvalue weighted by atomic mass is 9.74. The van der Waals surface area contributed by atoms with Crippen molar-refractivity contribution < 1.29 is 0 Å². The SMILES string of the molecule is C=NC(CC)C(CCC)C(c1ccccc1)c1ccccc1. The van der Waals surface area contributed by atoms with E-state index >= 15 is 0 Å². The summed E-state index contributed by atoms with van der Waals surface area (Å²) in [6.07, 6.45) is 3.39. The monoisotopic (exact) mass is 293 g/mol. The molecule has 0 aliphatic heterocycles. The molecule has 2 aromatic carbocycles. The summed E-state index contributed by atoms with van der Waals surface area (Å²) in [6.45, 7) is 8.33. The van der Waals surface area contributed by atoms with Crippen molar-refractivity contribution in [2.75, 3.05) is 0 Å². The van der Waals surface area contributed by atoms with Crippen LogP contribution in [0.3, 0.4) is 0 Å². The van der Waals surface area contributed by atoms with Crippen LogP contribution in [0.25, 0.3) is 0 Å². The molecule has 0 aromatic heterocycles. The maximum Gasteiger partial charge on any atom is 0.0527 e. The summed E-state index contributed by atoms with van der Waals surface area (Å²) in [4.78, 5) is 4.45. The Kier molecular flexibility index (Phi) is 6.39. The van der Waals surface area contributed by atoms with Crippen LogP contribution >= 0.6 is 0 Å². The minimum Gasteiger partial charge on any atom is -0.297 e. The second-order valence-corrected chi connectivity index (χ2v) is 5.91. The molecule has 0 amide bonds. The third-order valence-corrected chi connectivity index (χ3v) is 4.51. The summed E-state index contributed by atoms with van der Waals surface area (Å²) in [5.41, 5.74) is 2.77. The summed E-state index contributed by atoms with van der Waals surface area (Å²) in [6, 6.07) is 22.0. The molecule has 0 radical (unpaired) electrons. The first-order valence-corrected chi connectivity index (χ1v) is 8.37. The smallest absolute Gasteiger partial charge is 0.0527 e. The molecule has 0 fully saturated rings. The molecule has 116 valence electrons. The largest absolute Gasteiger partial charge is 0.297 e. The van der Waals surface area contributed by atoms with Crippen molar-refractivity contribution in [2.45, 2.75) is 45.1 Å². The van der Waals surface area contributed by atoms with Gasteiger partial charge in [-0.3, -0.25) is 4.99 Å². The predicted molar refractivity (Wildman–Crippen MR) is 96.8 cm³/mol. The zero-order chi connectivity index (χ0) is 15.8. The third-order valence-electron chi connectivity index (χ3n) is 4.51. The van der Waals surface area contributed by atoms with Gasteiger partial charge in [-0.25, -0.2) is 0 Å². The van der Waals surface area contributed by atoms with Gasteiger partial charge in [0.2, 0.25) is 0 Å². The molecule has 2 aromatic rings. The quantitative estimate of drug-likeness (QED) is 0.552. The maximum atomic E-state index is 4.45. The van der Waals surface area contributed by atoms with Gasteiger partial charge in [-0.2, -0.15) is 0 Å². The molecule has 0 saturated carbocycles. The molecule has 1 nitrogen and oxygen atoms in total. The van der Waals surface area contributed by atoms with Crippen LogP contribution < -0.4 is 0 Å². The fraction of sp³-hybridized carbons (Fsp3) is 0.381. The van der Waals surface area contributed by atoms with Crippen molar-refractivity contribution in [1.29, 1.82) is 0 Å². The van der Waals surface area contributed by atoms with Crippen molar-refractivity contribution in [3.05, 3.63) is 71.8 Å². The van der Waals surface area contributed by atoms with E-state index in [2.05, 4.69) is 86.2 Å². The highest BCUT2D eigenvalue weighted by molar-refractivity contribution is 5.34. The van der Waals surface area contributed by atoms with Gasteiger partial charge in [-0.15, -0.1) is 0 Å². The first-order chi connectivity index (χ1) is 10.8. The summed E-state index contributed by atoms with van der Waals surface area (Å²) in [5, 5.41) is 0.